The Morgan fingerprint density at radius 1 is 1.00 bits per heavy atom. The first-order valence-corrected chi connectivity index (χ1v) is 13.1. The molecule has 0 aliphatic heterocycles. The van der Waals surface area contributed by atoms with E-state index in [1.54, 1.807) is 0 Å². The molecule has 0 atom stereocenters. The fourth-order valence-electron chi connectivity index (χ4n) is 4.76. The fraction of sp³-hybridized carbons (Fsp3) is 0.793. The molecule has 0 unspecified atom stereocenters. The summed E-state index contributed by atoms with van der Waals surface area (Å²) in [6.45, 7) is 24.3. The molecule has 0 amide bonds. The lowest BCUT2D eigenvalue weighted by Gasteiger charge is -2.34. The zero-order valence-corrected chi connectivity index (χ0v) is 23.6. The number of ether oxygens (including phenoxy) is 1. The second-order valence-corrected chi connectivity index (χ2v) is 12.6. The average Bonchev–Trinajstić information content (AvgIpc) is 3.05. The predicted molar refractivity (Wildman–Crippen MR) is 142 cm³/mol. The minimum atomic E-state index is -0.234. The first kappa shape index (κ1) is 29.6. The van der Waals surface area contributed by atoms with Gasteiger partial charge in [-0.1, -0.05) is 70.1 Å². The van der Waals surface area contributed by atoms with E-state index in [4.69, 9.17) is 4.74 Å². The van der Waals surface area contributed by atoms with Gasteiger partial charge in [0.2, 0.25) is 0 Å². The SMILES string of the molecule is CC/C=C(\C)CC/C=C(\C)CCCn1cc(CC(C)(C)OCCC(C)(C)CC(C)(C)C)nn1. The van der Waals surface area contributed by atoms with E-state index < -0.39 is 0 Å². The lowest BCUT2D eigenvalue weighted by atomic mass is 9.74. The highest BCUT2D eigenvalue weighted by atomic mass is 16.5. The lowest BCUT2D eigenvalue weighted by Crippen LogP contribution is -2.30. The summed E-state index contributed by atoms with van der Waals surface area (Å²) < 4.78 is 8.27. The van der Waals surface area contributed by atoms with Gasteiger partial charge in [-0.15, -0.1) is 5.10 Å². The Bertz CT molecular complexity index is 747. The van der Waals surface area contributed by atoms with Crippen LogP contribution in [0.25, 0.3) is 0 Å². The van der Waals surface area contributed by atoms with E-state index >= 15 is 0 Å². The quantitative estimate of drug-likeness (QED) is 0.247. The van der Waals surface area contributed by atoms with E-state index in [0.717, 1.165) is 57.4 Å². The van der Waals surface area contributed by atoms with Crippen molar-refractivity contribution in [2.24, 2.45) is 10.8 Å². The summed E-state index contributed by atoms with van der Waals surface area (Å²) in [4.78, 5) is 0. The molecular formula is C29H53N3O. The summed E-state index contributed by atoms with van der Waals surface area (Å²) in [5.74, 6) is 0. The lowest BCUT2D eigenvalue weighted by molar-refractivity contribution is -0.0319. The highest BCUT2D eigenvalue weighted by Gasteiger charge is 2.27. The Labute approximate surface area is 205 Å². The van der Waals surface area contributed by atoms with Gasteiger partial charge >= 0.3 is 0 Å². The Morgan fingerprint density at radius 3 is 2.30 bits per heavy atom. The number of hydrogen-bond acceptors (Lipinski definition) is 3. The van der Waals surface area contributed by atoms with Crippen molar-refractivity contribution in [2.45, 2.75) is 133 Å². The summed E-state index contributed by atoms with van der Waals surface area (Å²) in [5.41, 5.74) is 4.38. The third kappa shape index (κ3) is 14.4. The molecule has 1 heterocycles. The maximum Gasteiger partial charge on any atom is 0.0855 e. The minimum absolute atomic E-state index is 0.234. The maximum atomic E-state index is 6.29. The third-order valence-electron chi connectivity index (χ3n) is 6.02. The van der Waals surface area contributed by atoms with Gasteiger partial charge in [0.1, 0.15) is 0 Å². The second-order valence-electron chi connectivity index (χ2n) is 12.6. The summed E-state index contributed by atoms with van der Waals surface area (Å²) >= 11 is 0. The highest BCUT2D eigenvalue weighted by molar-refractivity contribution is 5.03. The van der Waals surface area contributed by atoms with Crippen LogP contribution in [0.3, 0.4) is 0 Å². The summed E-state index contributed by atoms with van der Waals surface area (Å²) in [5, 5.41) is 8.75. The van der Waals surface area contributed by atoms with Crippen LogP contribution >= 0.6 is 0 Å². The number of aromatic nitrogens is 3. The number of allylic oxidation sites excluding steroid dienone is 4. The highest BCUT2D eigenvalue weighted by Crippen LogP contribution is 2.36. The molecule has 0 aliphatic carbocycles. The van der Waals surface area contributed by atoms with E-state index in [1.807, 2.05) is 4.68 Å². The number of nitrogens with zero attached hydrogens (tertiary/aromatic N) is 3. The molecule has 33 heavy (non-hydrogen) atoms. The normalized spacial score (nSPS) is 14.2. The summed E-state index contributed by atoms with van der Waals surface area (Å²) in [6, 6.07) is 0. The smallest absolute Gasteiger partial charge is 0.0855 e. The van der Waals surface area contributed by atoms with Crippen LogP contribution in [0.15, 0.2) is 29.5 Å². The van der Waals surface area contributed by atoms with Gasteiger partial charge in [0.05, 0.1) is 11.3 Å². The van der Waals surface area contributed by atoms with Gasteiger partial charge in [0, 0.05) is 25.8 Å². The van der Waals surface area contributed by atoms with Gasteiger partial charge in [0.15, 0.2) is 0 Å². The van der Waals surface area contributed by atoms with Crippen molar-refractivity contribution >= 4 is 0 Å². The van der Waals surface area contributed by atoms with Crippen LogP contribution in [0, 0.1) is 10.8 Å². The topological polar surface area (TPSA) is 39.9 Å². The van der Waals surface area contributed by atoms with Crippen molar-refractivity contribution < 1.29 is 4.74 Å². The first-order valence-electron chi connectivity index (χ1n) is 13.1. The number of rotatable bonds is 15. The van der Waals surface area contributed by atoms with Crippen molar-refractivity contribution in [3.8, 4) is 0 Å². The molecule has 190 valence electrons. The zero-order chi connectivity index (χ0) is 25.1. The van der Waals surface area contributed by atoms with Crippen molar-refractivity contribution in [3.05, 3.63) is 35.2 Å². The van der Waals surface area contributed by atoms with Crippen LogP contribution in [0.2, 0.25) is 0 Å². The molecule has 0 aromatic carbocycles. The van der Waals surface area contributed by atoms with Crippen molar-refractivity contribution in [1.29, 1.82) is 0 Å². The second kappa shape index (κ2) is 13.5. The van der Waals surface area contributed by atoms with E-state index in [0.29, 0.717) is 5.41 Å². The summed E-state index contributed by atoms with van der Waals surface area (Å²) in [6.07, 6.45) is 15.5. The average molecular weight is 460 g/mol. The molecule has 0 N–H and O–H groups in total. The number of hydrogen-bond donors (Lipinski definition) is 0. The molecule has 0 saturated carbocycles. The Hall–Kier alpha value is -1.42. The standard InChI is InChI=1S/C29H53N3O/c1-11-14-24(2)15-12-16-25(3)17-13-19-32-22-26(30-31-32)21-29(9,10)33-20-18-28(7,8)23-27(4,5)6/h14,16,22H,11-13,15,17-21,23H2,1-10H3/b24-14+,25-16+. The van der Waals surface area contributed by atoms with Gasteiger partial charge in [-0.25, -0.2) is 0 Å². The number of aryl methyl sites for hydroxylation is 1. The van der Waals surface area contributed by atoms with E-state index in [9.17, 15) is 0 Å². The van der Waals surface area contributed by atoms with Crippen LogP contribution in [-0.2, 0) is 17.7 Å². The zero-order valence-electron chi connectivity index (χ0n) is 23.6. The third-order valence-corrected chi connectivity index (χ3v) is 6.02. The minimum Gasteiger partial charge on any atom is -0.375 e. The van der Waals surface area contributed by atoms with Gasteiger partial charge in [-0.05, 0) is 83.5 Å². The van der Waals surface area contributed by atoms with Crippen LogP contribution in [-0.4, -0.2) is 27.2 Å². The van der Waals surface area contributed by atoms with E-state index in [-0.39, 0.29) is 11.0 Å². The van der Waals surface area contributed by atoms with Crippen LogP contribution < -0.4 is 0 Å². The monoisotopic (exact) mass is 459 g/mol. The molecule has 4 nitrogen and oxygen atoms in total. The largest absolute Gasteiger partial charge is 0.375 e. The molecule has 1 aromatic rings. The van der Waals surface area contributed by atoms with E-state index in [1.165, 1.54) is 24.0 Å². The molecule has 0 spiro atoms. The molecule has 0 aliphatic rings. The van der Waals surface area contributed by atoms with Crippen LogP contribution in [0.4, 0.5) is 0 Å². The molecule has 0 fully saturated rings. The van der Waals surface area contributed by atoms with Crippen molar-refractivity contribution in [2.75, 3.05) is 6.61 Å². The van der Waals surface area contributed by atoms with Gasteiger partial charge in [-0.2, -0.15) is 0 Å². The predicted octanol–water partition coefficient (Wildman–Crippen LogP) is 8.33. The molecule has 1 aromatic heterocycles. The molecule has 1 rings (SSSR count). The van der Waals surface area contributed by atoms with E-state index in [2.05, 4.69) is 97.9 Å². The first-order chi connectivity index (χ1) is 15.2. The fourth-order valence-corrected chi connectivity index (χ4v) is 4.76. The molecule has 4 heteroatoms. The molecule has 0 saturated heterocycles. The van der Waals surface area contributed by atoms with Gasteiger partial charge in [0.25, 0.3) is 0 Å². The molecular weight excluding hydrogens is 406 g/mol. The van der Waals surface area contributed by atoms with Crippen molar-refractivity contribution in [1.82, 2.24) is 15.0 Å². The Morgan fingerprint density at radius 2 is 1.67 bits per heavy atom. The van der Waals surface area contributed by atoms with Crippen molar-refractivity contribution in [3.63, 3.8) is 0 Å². The van der Waals surface area contributed by atoms with Gasteiger partial charge < -0.3 is 4.74 Å². The maximum absolute atomic E-state index is 6.29. The Kier molecular flexibility index (Phi) is 12.1. The molecule has 0 bridgehead atoms. The Balaban J connectivity index is 2.39. The molecule has 0 radical (unpaired) electrons. The summed E-state index contributed by atoms with van der Waals surface area (Å²) in [7, 11) is 0. The van der Waals surface area contributed by atoms with Gasteiger partial charge in [-0.3, -0.25) is 4.68 Å². The van der Waals surface area contributed by atoms with Crippen LogP contribution in [0.5, 0.6) is 0 Å². The van der Waals surface area contributed by atoms with Crippen LogP contribution in [0.1, 0.15) is 120 Å².